The summed E-state index contributed by atoms with van der Waals surface area (Å²) < 4.78 is 0. The molecule has 5 nitrogen and oxygen atoms in total. The number of aliphatic carboxylic acids is 1. The summed E-state index contributed by atoms with van der Waals surface area (Å²) in [5.74, 6) is -0.845. The molecule has 0 aliphatic rings. The van der Waals surface area contributed by atoms with Gasteiger partial charge in [0.05, 0.1) is 15.8 Å². The van der Waals surface area contributed by atoms with Crippen LogP contribution in [0.15, 0.2) is 11.8 Å². The van der Waals surface area contributed by atoms with Crippen molar-refractivity contribution < 1.29 is 14.8 Å². The van der Waals surface area contributed by atoms with Gasteiger partial charge in [-0.25, -0.2) is 0 Å². The van der Waals surface area contributed by atoms with Crippen LogP contribution in [0.5, 0.6) is 0 Å². The molecule has 5 heteroatoms. The minimum atomic E-state index is -0.854. The van der Waals surface area contributed by atoms with Crippen molar-refractivity contribution >= 4 is 5.97 Å². The van der Waals surface area contributed by atoms with Crippen molar-refractivity contribution in [2.24, 2.45) is 21.7 Å². The number of hydrogen-bond donors (Lipinski definition) is 1. The highest BCUT2D eigenvalue weighted by Gasteiger charge is 2.38. The molecule has 0 aromatic heterocycles. The fourth-order valence-corrected chi connectivity index (χ4v) is 3.73. The van der Waals surface area contributed by atoms with E-state index >= 15 is 0 Å². The van der Waals surface area contributed by atoms with E-state index in [2.05, 4.69) is 20.8 Å². The molecular weight excluding hydrogens is 306 g/mol. The van der Waals surface area contributed by atoms with Crippen molar-refractivity contribution in [1.82, 2.24) is 0 Å². The molecule has 0 unspecified atom stereocenters. The maximum absolute atomic E-state index is 11.6. The number of allylic oxidation sites excluding steroid dienone is 2. The van der Waals surface area contributed by atoms with Crippen LogP contribution in [-0.2, 0) is 4.79 Å². The van der Waals surface area contributed by atoms with Crippen LogP contribution < -0.4 is 0 Å². The summed E-state index contributed by atoms with van der Waals surface area (Å²) >= 11 is 0. The van der Waals surface area contributed by atoms with Gasteiger partial charge in [-0.15, -0.1) is 0 Å². The Morgan fingerprint density at radius 2 is 1.42 bits per heavy atom. The molecular formula is C19H35NO4. The summed E-state index contributed by atoms with van der Waals surface area (Å²) in [6.07, 6.45) is 3.33. The first-order chi connectivity index (χ1) is 10.4. The van der Waals surface area contributed by atoms with Gasteiger partial charge < -0.3 is 5.11 Å². The van der Waals surface area contributed by atoms with Crippen molar-refractivity contribution in [1.29, 1.82) is 0 Å². The smallest absolute Gasteiger partial charge is 0.309 e. The Balaban J connectivity index is 5.43. The Morgan fingerprint density at radius 1 is 0.958 bits per heavy atom. The normalized spacial score (nSPS) is 14.6. The van der Waals surface area contributed by atoms with E-state index in [-0.39, 0.29) is 21.5 Å². The van der Waals surface area contributed by atoms with E-state index in [1.807, 2.05) is 27.7 Å². The van der Waals surface area contributed by atoms with Gasteiger partial charge in [-0.1, -0.05) is 34.6 Å². The third kappa shape index (κ3) is 7.45. The first kappa shape index (κ1) is 22.6. The Morgan fingerprint density at radius 3 is 1.75 bits per heavy atom. The van der Waals surface area contributed by atoms with Gasteiger partial charge in [-0.05, 0) is 63.9 Å². The summed E-state index contributed by atoms with van der Waals surface area (Å²) in [5.41, 5.74) is -1.52. The molecule has 0 saturated carbocycles. The van der Waals surface area contributed by atoms with Gasteiger partial charge in [0.1, 0.15) is 0 Å². The first-order valence-electron chi connectivity index (χ1n) is 8.48. The maximum atomic E-state index is 11.6. The minimum absolute atomic E-state index is 0.0145. The number of nitrogens with zero attached hydrogens (tertiary/aromatic N) is 1. The lowest BCUT2D eigenvalue weighted by atomic mass is 9.71. The largest absolute Gasteiger partial charge is 0.481 e. The highest BCUT2D eigenvalue weighted by atomic mass is 16.6. The zero-order valence-electron chi connectivity index (χ0n) is 16.8. The molecule has 0 rings (SSSR count). The van der Waals surface area contributed by atoms with E-state index in [0.29, 0.717) is 19.3 Å². The number of carboxylic acids is 1. The lowest BCUT2D eigenvalue weighted by Gasteiger charge is -2.32. The number of rotatable bonds is 8. The van der Waals surface area contributed by atoms with Crippen molar-refractivity contribution in [3.05, 3.63) is 21.9 Å². The van der Waals surface area contributed by atoms with Crippen LogP contribution in [0.3, 0.4) is 0 Å². The second kappa shape index (κ2) is 7.24. The highest BCUT2D eigenvalue weighted by Crippen LogP contribution is 2.41. The fraction of sp³-hybridized carbons (Fsp3) is 0.842. The molecule has 0 radical (unpaired) electrons. The molecule has 0 bridgehead atoms. The number of carbonyl (C=O) groups is 1. The zero-order chi connectivity index (χ0) is 19.6. The number of nitro groups is 1. The van der Waals surface area contributed by atoms with Crippen molar-refractivity contribution in [3.8, 4) is 0 Å². The third-order valence-corrected chi connectivity index (χ3v) is 4.21. The SMILES string of the molecule is CC(C)(C)CC(C)(C)/C(=C\CC(C)(C)CC(C)(C)C(=O)O)[N+](=O)[O-]. The summed E-state index contributed by atoms with van der Waals surface area (Å²) in [5, 5.41) is 20.9. The molecule has 0 aromatic rings. The van der Waals surface area contributed by atoms with Crippen LogP contribution >= 0.6 is 0 Å². The predicted molar refractivity (Wildman–Crippen MR) is 97.4 cm³/mol. The molecule has 0 heterocycles. The molecule has 0 spiro atoms. The highest BCUT2D eigenvalue weighted by molar-refractivity contribution is 5.73. The third-order valence-electron chi connectivity index (χ3n) is 4.21. The maximum Gasteiger partial charge on any atom is 0.309 e. The molecule has 0 saturated heterocycles. The van der Waals surface area contributed by atoms with Gasteiger partial charge in [-0.3, -0.25) is 14.9 Å². The number of carboxylic acid groups (broad SMARTS) is 1. The summed E-state index contributed by atoms with van der Waals surface area (Å²) in [6, 6.07) is 0. The minimum Gasteiger partial charge on any atom is -0.481 e. The quantitative estimate of drug-likeness (QED) is 0.465. The molecule has 0 amide bonds. The Kier molecular flexibility index (Phi) is 6.82. The molecule has 24 heavy (non-hydrogen) atoms. The van der Waals surface area contributed by atoms with Crippen LogP contribution in [0.1, 0.15) is 81.6 Å². The van der Waals surface area contributed by atoms with E-state index in [9.17, 15) is 20.0 Å². The Hall–Kier alpha value is -1.39. The second-order valence-electron chi connectivity index (χ2n) is 10.2. The summed E-state index contributed by atoms with van der Waals surface area (Å²) in [4.78, 5) is 22.6. The van der Waals surface area contributed by atoms with Gasteiger partial charge >= 0.3 is 5.97 Å². The Labute approximate surface area is 146 Å². The van der Waals surface area contributed by atoms with E-state index < -0.39 is 16.8 Å². The van der Waals surface area contributed by atoms with Crippen LogP contribution in [-0.4, -0.2) is 16.0 Å². The van der Waals surface area contributed by atoms with E-state index in [1.165, 1.54) is 0 Å². The first-order valence-corrected chi connectivity index (χ1v) is 8.48. The summed E-state index contributed by atoms with van der Waals surface area (Å²) in [6.45, 7) is 17.3. The summed E-state index contributed by atoms with van der Waals surface area (Å²) in [7, 11) is 0. The van der Waals surface area contributed by atoms with E-state index in [4.69, 9.17) is 0 Å². The van der Waals surface area contributed by atoms with Gasteiger partial charge in [0.25, 0.3) is 0 Å². The lowest BCUT2D eigenvalue weighted by Crippen LogP contribution is -2.31. The van der Waals surface area contributed by atoms with Gasteiger partial charge in [0, 0.05) is 0 Å². The topological polar surface area (TPSA) is 80.4 Å². The monoisotopic (exact) mass is 341 g/mol. The van der Waals surface area contributed by atoms with Crippen LogP contribution in [0.4, 0.5) is 0 Å². The molecule has 0 aliphatic heterocycles. The molecule has 0 aliphatic carbocycles. The lowest BCUT2D eigenvalue weighted by molar-refractivity contribution is -0.441. The second-order valence-corrected chi connectivity index (χ2v) is 10.2. The van der Waals surface area contributed by atoms with E-state index in [1.54, 1.807) is 19.9 Å². The number of hydrogen-bond acceptors (Lipinski definition) is 3. The fourth-order valence-electron chi connectivity index (χ4n) is 3.73. The Bertz CT molecular complexity index is 508. The standard InChI is InChI=1S/C19H35NO4/c1-16(2,3)12-18(6,7)14(20(23)24)10-11-17(4,5)13-19(8,9)15(21)22/h10H,11-13H2,1-9H3,(H,21,22)/b14-10+. The van der Waals surface area contributed by atoms with Crippen LogP contribution in [0, 0.1) is 31.8 Å². The van der Waals surface area contributed by atoms with Crippen LogP contribution in [0.2, 0.25) is 0 Å². The molecule has 0 atom stereocenters. The van der Waals surface area contributed by atoms with Gasteiger partial charge in [0.2, 0.25) is 5.70 Å². The van der Waals surface area contributed by atoms with Crippen molar-refractivity contribution in [2.45, 2.75) is 81.6 Å². The van der Waals surface area contributed by atoms with Crippen LogP contribution in [0.25, 0.3) is 0 Å². The van der Waals surface area contributed by atoms with Crippen molar-refractivity contribution in [2.75, 3.05) is 0 Å². The van der Waals surface area contributed by atoms with Gasteiger partial charge in [-0.2, -0.15) is 0 Å². The average molecular weight is 341 g/mol. The molecule has 140 valence electrons. The molecule has 1 N–H and O–H groups in total. The van der Waals surface area contributed by atoms with Gasteiger partial charge in [0.15, 0.2) is 0 Å². The van der Waals surface area contributed by atoms with E-state index in [0.717, 1.165) is 0 Å². The average Bonchev–Trinajstić information content (AvgIpc) is 2.21. The molecule has 0 aromatic carbocycles. The molecule has 0 fully saturated rings. The zero-order valence-corrected chi connectivity index (χ0v) is 16.8. The van der Waals surface area contributed by atoms with Crippen molar-refractivity contribution in [3.63, 3.8) is 0 Å². The predicted octanol–water partition coefficient (Wildman–Crippen LogP) is 5.53.